The zero-order valence-electron chi connectivity index (χ0n) is 9.74. The predicted molar refractivity (Wildman–Crippen MR) is 52.2 cm³/mol. The van der Waals surface area contributed by atoms with Crippen LogP contribution in [0.4, 0.5) is 13.2 Å². The van der Waals surface area contributed by atoms with E-state index in [0.717, 1.165) is 12.2 Å². The highest BCUT2D eigenvalue weighted by Gasteiger charge is 2.72. The molecule has 2 heterocycles. The molecule has 0 spiro atoms. The first kappa shape index (κ1) is 13.6. The van der Waals surface area contributed by atoms with Gasteiger partial charge < -0.3 is 9.84 Å². The van der Waals surface area contributed by atoms with Gasteiger partial charge >= 0.3 is 12.1 Å². The standard InChI is InChI=1S/C10H14F3NO4/c1-17-8(15)7-9(16,10(11,12)13)6-4-2-3-5-14(6)18-7/h6-7,16H,2-5H2,1H3/t6-,7+,9+/m0/s1. The Bertz CT molecular complexity index is 349. The Hall–Kier alpha value is -0.860. The molecule has 0 aromatic heterocycles. The number of hydrogen-bond donors (Lipinski definition) is 1. The minimum absolute atomic E-state index is 0.128. The van der Waals surface area contributed by atoms with E-state index >= 15 is 0 Å². The summed E-state index contributed by atoms with van der Waals surface area (Å²) in [6, 6.07) is -1.25. The summed E-state index contributed by atoms with van der Waals surface area (Å²) in [4.78, 5) is 16.3. The number of ether oxygens (including phenoxy) is 1. The van der Waals surface area contributed by atoms with Gasteiger partial charge in [0.25, 0.3) is 0 Å². The summed E-state index contributed by atoms with van der Waals surface area (Å²) in [5.41, 5.74) is -3.21. The largest absolute Gasteiger partial charge is 0.467 e. The van der Waals surface area contributed by atoms with Gasteiger partial charge in [-0.15, -0.1) is 0 Å². The van der Waals surface area contributed by atoms with Crippen LogP contribution in [0.25, 0.3) is 0 Å². The molecule has 2 aliphatic rings. The van der Waals surface area contributed by atoms with Gasteiger partial charge in [-0.3, -0.25) is 4.84 Å². The van der Waals surface area contributed by atoms with Crippen LogP contribution in [0.15, 0.2) is 0 Å². The summed E-state index contributed by atoms with van der Waals surface area (Å²) in [5, 5.41) is 11.0. The zero-order chi connectivity index (χ0) is 13.6. The van der Waals surface area contributed by atoms with Gasteiger partial charge in [-0.25, -0.2) is 4.79 Å². The second-order valence-corrected chi connectivity index (χ2v) is 4.48. The van der Waals surface area contributed by atoms with Gasteiger partial charge in [-0.1, -0.05) is 6.42 Å². The van der Waals surface area contributed by atoms with E-state index in [1.54, 1.807) is 0 Å². The maximum absolute atomic E-state index is 13.1. The Morgan fingerprint density at radius 1 is 1.50 bits per heavy atom. The molecule has 0 aromatic carbocycles. The molecule has 2 saturated heterocycles. The van der Waals surface area contributed by atoms with E-state index in [2.05, 4.69) is 4.74 Å². The molecule has 18 heavy (non-hydrogen) atoms. The second-order valence-electron chi connectivity index (χ2n) is 4.48. The molecule has 2 rings (SSSR count). The molecule has 0 aliphatic carbocycles. The molecule has 8 heteroatoms. The van der Waals surface area contributed by atoms with Crippen molar-refractivity contribution >= 4 is 5.97 Å². The number of hydrogen-bond acceptors (Lipinski definition) is 5. The molecule has 2 aliphatic heterocycles. The molecule has 2 fully saturated rings. The van der Waals surface area contributed by atoms with Gasteiger partial charge in [-0.2, -0.15) is 18.2 Å². The summed E-state index contributed by atoms with van der Waals surface area (Å²) in [6.45, 7) is 0.260. The highest BCUT2D eigenvalue weighted by atomic mass is 19.4. The normalized spacial score (nSPS) is 37.4. The van der Waals surface area contributed by atoms with Crippen molar-refractivity contribution in [3.63, 3.8) is 0 Å². The summed E-state index contributed by atoms with van der Waals surface area (Å²) in [5.74, 6) is -1.22. The van der Waals surface area contributed by atoms with Crippen molar-refractivity contribution in [1.29, 1.82) is 0 Å². The topological polar surface area (TPSA) is 59.0 Å². The number of halogens is 3. The monoisotopic (exact) mass is 269 g/mol. The van der Waals surface area contributed by atoms with Crippen molar-refractivity contribution in [2.75, 3.05) is 13.7 Å². The van der Waals surface area contributed by atoms with Crippen LogP contribution in [-0.4, -0.2) is 53.7 Å². The van der Waals surface area contributed by atoms with Crippen LogP contribution in [0.5, 0.6) is 0 Å². The number of rotatable bonds is 1. The highest BCUT2D eigenvalue weighted by Crippen LogP contribution is 2.47. The molecule has 1 N–H and O–H groups in total. The molecule has 0 bridgehead atoms. The van der Waals surface area contributed by atoms with E-state index in [1.807, 2.05) is 0 Å². The van der Waals surface area contributed by atoms with Crippen molar-refractivity contribution in [2.24, 2.45) is 0 Å². The van der Waals surface area contributed by atoms with E-state index in [9.17, 15) is 23.1 Å². The van der Waals surface area contributed by atoms with E-state index < -0.39 is 29.9 Å². The molecular weight excluding hydrogens is 255 g/mol. The lowest BCUT2D eigenvalue weighted by Gasteiger charge is -2.36. The Balaban J connectivity index is 2.38. The van der Waals surface area contributed by atoms with Crippen LogP contribution >= 0.6 is 0 Å². The lowest BCUT2D eigenvalue weighted by molar-refractivity contribution is -0.277. The number of methoxy groups -OCH3 is 1. The fourth-order valence-electron chi connectivity index (χ4n) is 2.53. The van der Waals surface area contributed by atoms with Gasteiger partial charge in [0.05, 0.1) is 13.2 Å². The molecule has 0 amide bonds. The van der Waals surface area contributed by atoms with Crippen molar-refractivity contribution < 1.29 is 32.6 Å². The lowest BCUT2D eigenvalue weighted by Crippen LogP contribution is -2.62. The van der Waals surface area contributed by atoms with Crippen molar-refractivity contribution in [3.05, 3.63) is 0 Å². The fraction of sp³-hybridized carbons (Fsp3) is 0.900. The highest BCUT2D eigenvalue weighted by molar-refractivity contribution is 5.77. The molecule has 0 radical (unpaired) electrons. The lowest BCUT2D eigenvalue weighted by atomic mass is 9.84. The van der Waals surface area contributed by atoms with Crippen LogP contribution in [0, 0.1) is 0 Å². The maximum atomic E-state index is 13.1. The number of carbonyl (C=O) groups is 1. The number of esters is 1. The number of fused-ring (bicyclic) bond motifs is 1. The zero-order valence-corrected chi connectivity index (χ0v) is 9.74. The third-order valence-electron chi connectivity index (χ3n) is 3.47. The third-order valence-corrected chi connectivity index (χ3v) is 3.47. The fourth-order valence-corrected chi connectivity index (χ4v) is 2.53. The van der Waals surface area contributed by atoms with Crippen molar-refractivity contribution in [2.45, 2.75) is 43.2 Å². The smallest absolute Gasteiger partial charge is 0.422 e. The minimum atomic E-state index is -4.96. The minimum Gasteiger partial charge on any atom is -0.467 e. The number of hydroxylamine groups is 2. The summed E-state index contributed by atoms with van der Waals surface area (Å²) in [6.07, 6.45) is -5.66. The van der Waals surface area contributed by atoms with Crippen molar-refractivity contribution in [1.82, 2.24) is 5.06 Å². The SMILES string of the molecule is COC(=O)[C@H]1ON2CCCC[C@H]2[C@]1(O)C(F)(F)F. The van der Waals surface area contributed by atoms with Crippen LogP contribution < -0.4 is 0 Å². The second kappa shape index (κ2) is 4.36. The molecule has 3 atom stereocenters. The third kappa shape index (κ3) is 1.79. The average Bonchev–Trinajstić information content (AvgIpc) is 2.63. The van der Waals surface area contributed by atoms with Crippen LogP contribution in [-0.2, 0) is 14.4 Å². The first-order chi connectivity index (χ1) is 8.32. The Labute approximate surface area is 101 Å². The first-order valence-electron chi connectivity index (χ1n) is 5.62. The van der Waals surface area contributed by atoms with E-state index in [0.29, 0.717) is 12.8 Å². The summed E-state index contributed by atoms with van der Waals surface area (Å²) >= 11 is 0. The molecule has 104 valence electrons. The molecule has 5 nitrogen and oxygen atoms in total. The predicted octanol–water partition coefficient (Wildman–Crippen LogP) is 0.621. The Morgan fingerprint density at radius 3 is 2.72 bits per heavy atom. The number of aliphatic hydroxyl groups is 1. The number of carbonyl (C=O) groups excluding carboxylic acids is 1. The molecule has 0 aromatic rings. The average molecular weight is 269 g/mol. The van der Waals surface area contributed by atoms with Crippen LogP contribution in [0.2, 0.25) is 0 Å². The van der Waals surface area contributed by atoms with Gasteiger partial charge in [0.1, 0.15) is 0 Å². The molecule has 0 saturated carbocycles. The number of piperidine rings is 1. The van der Waals surface area contributed by atoms with Gasteiger partial charge in [0.2, 0.25) is 11.7 Å². The van der Waals surface area contributed by atoms with E-state index in [-0.39, 0.29) is 13.0 Å². The van der Waals surface area contributed by atoms with Gasteiger partial charge in [0.15, 0.2) is 0 Å². The number of alkyl halides is 3. The first-order valence-corrected chi connectivity index (χ1v) is 5.62. The maximum Gasteiger partial charge on any atom is 0.422 e. The van der Waals surface area contributed by atoms with Crippen LogP contribution in [0.1, 0.15) is 19.3 Å². The quantitative estimate of drug-likeness (QED) is 0.707. The molecule has 0 unspecified atom stereocenters. The Kier molecular flexibility index (Phi) is 3.28. The van der Waals surface area contributed by atoms with Gasteiger partial charge in [-0.05, 0) is 12.8 Å². The molecular formula is C10H14F3NO4. The van der Waals surface area contributed by atoms with Crippen molar-refractivity contribution in [3.8, 4) is 0 Å². The van der Waals surface area contributed by atoms with Crippen LogP contribution in [0.3, 0.4) is 0 Å². The number of nitrogens with zero attached hydrogens (tertiary/aromatic N) is 1. The van der Waals surface area contributed by atoms with E-state index in [1.165, 1.54) is 0 Å². The summed E-state index contributed by atoms with van der Waals surface area (Å²) < 4.78 is 43.6. The Morgan fingerprint density at radius 2 is 2.17 bits per heavy atom. The van der Waals surface area contributed by atoms with Gasteiger partial charge in [0, 0.05) is 6.54 Å². The summed E-state index contributed by atoms with van der Waals surface area (Å²) in [7, 11) is 0.958. The van der Waals surface area contributed by atoms with E-state index in [4.69, 9.17) is 4.84 Å².